The van der Waals surface area contributed by atoms with Gasteiger partial charge in [0.15, 0.2) is 0 Å². The number of amides is 1. The number of hydrogen-bond donors (Lipinski definition) is 2. The zero-order chi connectivity index (χ0) is 10.4. The van der Waals surface area contributed by atoms with Crippen LogP contribution < -0.4 is 5.32 Å². The Balaban J connectivity index is 2.50. The molecule has 14 heavy (non-hydrogen) atoms. The van der Waals surface area contributed by atoms with Gasteiger partial charge < -0.3 is 10.4 Å². The number of aliphatic hydroxyl groups is 1. The molecule has 1 aromatic carbocycles. The minimum Gasteiger partial charge on any atom is -0.396 e. The molecule has 0 spiro atoms. The monoisotopic (exact) mass is 193 g/mol. The summed E-state index contributed by atoms with van der Waals surface area (Å²) in [5, 5.41) is 11.4. The van der Waals surface area contributed by atoms with Gasteiger partial charge in [-0.1, -0.05) is 24.3 Å². The summed E-state index contributed by atoms with van der Waals surface area (Å²) in [6.45, 7) is 2.24. The summed E-state index contributed by atoms with van der Waals surface area (Å²) in [6.07, 6.45) is 0.681. The fraction of sp³-hybridized carbons (Fsp3) is 0.364. The standard InChI is InChI=1S/C11H15NO2/c1-9(14)12-8-11-4-2-10(3-5-11)6-7-13/h2-5,13H,6-8H2,1H3,(H,12,14). The summed E-state index contributed by atoms with van der Waals surface area (Å²) in [7, 11) is 0. The zero-order valence-electron chi connectivity index (χ0n) is 8.29. The molecule has 0 aliphatic carbocycles. The lowest BCUT2D eigenvalue weighted by Gasteiger charge is -2.03. The Kier molecular flexibility index (Phi) is 4.13. The van der Waals surface area contributed by atoms with Crippen LogP contribution in [0.25, 0.3) is 0 Å². The maximum atomic E-state index is 10.6. The SMILES string of the molecule is CC(=O)NCc1ccc(CCO)cc1. The smallest absolute Gasteiger partial charge is 0.217 e. The van der Waals surface area contributed by atoms with Crippen LogP contribution in [0, 0.1) is 0 Å². The van der Waals surface area contributed by atoms with E-state index in [1.165, 1.54) is 6.92 Å². The third-order valence-electron chi connectivity index (χ3n) is 1.96. The van der Waals surface area contributed by atoms with E-state index in [0.29, 0.717) is 13.0 Å². The van der Waals surface area contributed by atoms with Crippen molar-refractivity contribution in [3.05, 3.63) is 35.4 Å². The zero-order valence-corrected chi connectivity index (χ0v) is 8.29. The van der Waals surface area contributed by atoms with E-state index in [2.05, 4.69) is 5.32 Å². The highest BCUT2D eigenvalue weighted by Gasteiger charge is 1.95. The van der Waals surface area contributed by atoms with Gasteiger partial charge in [0.1, 0.15) is 0 Å². The number of carbonyl (C=O) groups excluding carboxylic acids is 1. The van der Waals surface area contributed by atoms with Crippen LogP contribution in [0.3, 0.4) is 0 Å². The largest absolute Gasteiger partial charge is 0.396 e. The molecule has 0 saturated heterocycles. The molecule has 0 fully saturated rings. The molecule has 1 aromatic rings. The van der Waals surface area contributed by atoms with Gasteiger partial charge in [-0.3, -0.25) is 4.79 Å². The summed E-state index contributed by atoms with van der Waals surface area (Å²) in [5.41, 5.74) is 2.18. The lowest BCUT2D eigenvalue weighted by molar-refractivity contribution is -0.119. The Hall–Kier alpha value is -1.35. The molecule has 1 rings (SSSR count). The highest BCUT2D eigenvalue weighted by molar-refractivity contribution is 5.72. The van der Waals surface area contributed by atoms with Crippen molar-refractivity contribution in [1.82, 2.24) is 5.32 Å². The first-order valence-corrected chi connectivity index (χ1v) is 4.65. The van der Waals surface area contributed by atoms with Gasteiger partial charge in [-0.2, -0.15) is 0 Å². The Bertz CT molecular complexity index is 293. The molecule has 2 N–H and O–H groups in total. The second kappa shape index (κ2) is 5.40. The van der Waals surface area contributed by atoms with Crippen molar-refractivity contribution in [2.75, 3.05) is 6.61 Å². The van der Waals surface area contributed by atoms with Crippen LogP contribution in [0.5, 0.6) is 0 Å². The summed E-state index contributed by atoms with van der Waals surface area (Å²) in [5.74, 6) is -0.0237. The molecule has 76 valence electrons. The minimum absolute atomic E-state index is 0.0237. The highest BCUT2D eigenvalue weighted by atomic mass is 16.2. The van der Waals surface area contributed by atoms with Crippen LogP contribution in [0.2, 0.25) is 0 Å². The van der Waals surface area contributed by atoms with Gasteiger partial charge in [-0.25, -0.2) is 0 Å². The normalized spacial score (nSPS) is 9.86. The van der Waals surface area contributed by atoms with Crippen molar-refractivity contribution in [3.63, 3.8) is 0 Å². The van der Waals surface area contributed by atoms with Crippen molar-refractivity contribution < 1.29 is 9.90 Å². The van der Waals surface area contributed by atoms with Crippen LogP contribution >= 0.6 is 0 Å². The molecule has 0 radical (unpaired) electrons. The molecule has 3 nitrogen and oxygen atoms in total. The summed E-state index contributed by atoms with van der Waals surface area (Å²) in [4.78, 5) is 10.6. The van der Waals surface area contributed by atoms with Crippen LogP contribution in [0.4, 0.5) is 0 Å². The van der Waals surface area contributed by atoms with Gasteiger partial charge in [0.05, 0.1) is 0 Å². The maximum Gasteiger partial charge on any atom is 0.217 e. The fourth-order valence-corrected chi connectivity index (χ4v) is 1.18. The third-order valence-corrected chi connectivity index (χ3v) is 1.96. The molecule has 3 heteroatoms. The van der Waals surface area contributed by atoms with E-state index in [0.717, 1.165) is 11.1 Å². The summed E-state index contributed by atoms with van der Waals surface area (Å²) < 4.78 is 0. The van der Waals surface area contributed by atoms with Crippen molar-refractivity contribution in [2.45, 2.75) is 19.9 Å². The van der Waals surface area contributed by atoms with Gasteiger partial charge in [-0.15, -0.1) is 0 Å². The van der Waals surface area contributed by atoms with E-state index in [1.54, 1.807) is 0 Å². The molecular weight excluding hydrogens is 178 g/mol. The lowest BCUT2D eigenvalue weighted by atomic mass is 10.1. The van der Waals surface area contributed by atoms with Crippen LogP contribution in [0.15, 0.2) is 24.3 Å². The quantitative estimate of drug-likeness (QED) is 0.745. The number of benzene rings is 1. The molecule has 0 saturated carbocycles. The lowest BCUT2D eigenvalue weighted by Crippen LogP contribution is -2.18. The van der Waals surface area contributed by atoms with Crippen molar-refractivity contribution >= 4 is 5.91 Å². The van der Waals surface area contributed by atoms with E-state index in [9.17, 15) is 4.79 Å². The molecule has 0 bridgehead atoms. The van der Waals surface area contributed by atoms with Crippen molar-refractivity contribution in [2.24, 2.45) is 0 Å². The van der Waals surface area contributed by atoms with E-state index < -0.39 is 0 Å². The topological polar surface area (TPSA) is 49.3 Å². The number of carbonyl (C=O) groups is 1. The third kappa shape index (κ3) is 3.58. The molecule has 0 aliphatic rings. The fourth-order valence-electron chi connectivity index (χ4n) is 1.18. The number of nitrogens with one attached hydrogen (secondary N) is 1. The first-order chi connectivity index (χ1) is 6.72. The molecule has 0 unspecified atom stereocenters. The highest BCUT2D eigenvalue weighted by Crippen LogP contribution is 2.04. The van der Waals surface area contributed by atoms with Gasteiger partial charge in [-0.05, 0) is 17.5 Å². The molecule has 1 amide bonds. The van der Waals surface area contributed by atoms with Gasteiger partial charge in [0.25, 0.3) is 0 Å². The molecule has 0 atom stereocenters. The predicted molar refractivity (Wildman–Crippen MR) is 54.8 cm³/mol. The van der Waals surface area contributed by atoms with Crippen LogP contribution in [-0.4, -0.2) is 17.6 Å². The van der Waals surface area contributed by atoms with E-state index in [1.807, 2.05) is 24.3 Å². The molecule has 0 heterocycles. The average Bonchev–Trinajstić information content (AvgIpc) is 2.17. The molecular formula is C11H15NO2. The number of rotatable bonds is 4. The maximum absolute atomic E-state index is 10.6. The van der Waals surface area contributed by atoms with Crippen LogP contribution in [0.1, 0.15) is 18.1 Å². The Morgan fingerprint density at radius 2 is 1.86 bits per heavy atom. The van der Waals surface area contributed by atoms with E-state index >= 15 is 0 Å². The summed E-state index contributed by atoms with van der Waals surface area (Å²) >= 11 is 0. The Morgan fingerprint density at radius 3 is 2.36 bits per heavy atom. The second-order valence-corrected chi connectivity index (χ2v) is 3.20. The summed E-state index contributed by atoms with van der Waals surface area (Å²) in [6, 6.07) is 7.85. The number of aliphatic hydroxyl groups excluding tert-OH is 1. The average molecular weight is 193 g/mol. The number of hydrogen-bond acceptors (Lipinski definition) is 2. The van der Waals surface area contributed by atoms with Gasteiger partial charge >= 0.3 is 0 Å². The Labute approximate surface area is 83.8 Å². The van der Waals surface area contributed by atoms with E-state index in [4.69, 9.17) is 5.11 Å². The predicted octanol–water partition coefficient (Wildman–Crippen LogP) is 0.857. The second-order valence-electron chi connectivity index (χ2n) is 3.20. The van der Waals surface area contributed by atoms with E-state index in [-0.39, 0.29) is 12.5 Å². The van der Waals surface area contributed by atoms with Crippen molar-refractivity contribution in [3.8, 4) is 0 Å². The first kappa shape index (κ1) is 10.7. The van der Waals surface area contributed by atoms with Gasteiger partial charge in [0.2, 0.25) is 5.91 Å². The Morgan fingerprint density at radius 1 is 1.29 bits per heavy atom. The first-order valence-electron chi connectivity index (χ1n) is 4.65. The molecule has 0 aliphatic heterocycles. The van der Waals surface area contributed by atoms with Crippen LogP contribution in [-0.2, 0) is 17.8 Å². The van der Waals surface area contributed by atoms with Crippen molar-refractivity contribution in [1.29, 1.82) is 0 Å². The minimum atomic E-state index is -0.0237. The molecule has 0 aromatic heterocycles. The van der Waals surface area contributed by atoms with Gasteiger partial charge in [0, 0.05) is 20.1 Å².